The Morgan fingerprint density at radius 3 is 2.48 bits per heavy atom. The van der Waals surface area contributed by atoms with Crippen LogP contribution in [0.1, 0.15) is 64.2 Å². The van der Waals surface area contributed by atoms with Gasteiger partial charge in [0.05, 0.1) is 24.2 Å². The highest BCUT2D eigenvalue weighted by Gasteiger charge is 2.46. The molecule has 2 aromatic heterocycles. The highest BCUT2D eigenvalue weighted by Crippen LogP contribution is 2.40. The Bertz CT molecular complexity index is 781. The Morgan fingerprint density at radius 1 is 1.07 bits per heavy atom. The fourth-order valence-corrected chi connectivity index (χ4v) is 3.96. The van der Waals surface area contributed by atoms with Gasteiger partial charge in [0.15, 0.2) is 0 Å². The maximum absolute atomic E-state index is 12.4. The summed E-state index contributed by atoms with van der Waals surface area (Å²) in [5.41, 5.74) is 0.610. The van der Waals surface area contributed by atoms with E-state index in [4.69, 9.17) is 4.74 Å². The van der Waals surface area contributed by atoms with Crippen LogP contribution in [0.4, 0.5) is 0 Å². The number of aromatic amines is 1. The molecule has 0 saturated heterocycles. The zero-order valence-corrected chi connectivity index (χ0v) is 16.7. The first-order chi connectivity index (χ1) is 14.1. The van der Waals surface area contributed by atoms with E-state index in [-0.39, 0.29) is 5.78 Å². The SMILES string of the molecule is O=C(O)C1(C(=O)CCCCCCCOc2ccc(-c3ccn[nH]3)nc2)CCCC1. The van der Waals surface area contributed by atoms with E-state index in [1.807, 2.05) is 18.2 Å². The third-order valence-corrected chi connectivity index (χ3v) is 5.73. The molecule has 0 bridgehead atoms. The summed E-state index contributed by atoms with van der Waals surface area (Å²) in [5, 5.41) is 16.2. The fourth-order valence-electron chi connectivity index (χ4n) is 3.96. The average molecular weight is 399 g/mol. The van der Waals surface area contributed by atoms with Crippen molar-refractivity contribution in [1.29, 1.82) is 0 Å². The van der Waals surface area contributed by atoms with Crippen molar-refractivity contribution < 1.29 is 19.4 Å². The molecule has 0 aromatic carbocycles. The highest BCUT2D eigenvalue weighted by molar-refractivity contribution is 6.03. The lowest BCUT2D eigenvalue weighted by Gasteiger charge is -2.21. The molecule has 0 atom stereocenters. The second kappa shape index (κ2) is 10.2. The molecule has 29 heavy (non-hydrogen) atoms. The number of ketones is 1. The molecule has 1 fully saturated rings. The van der Waals surface area contributed by atoms with Gasteiger partial charge >= 0.3 is 5.97 Å². The summed E-state index contributed by atoms with van der Waals surface area (Å²) in [6.07, 6.45) is 11.2. The van der Waals surface area contributed by atoms with E-state index in [2.05, 4.69) is 15.2 Å². The third kappa shape index (κ3) is 5.43. The van der Waals surface area contributed by atoms with E-state index >= 15 is 0 Å². The molecule has 2 N–H and O–H groups in total. The van der Waals surface area contributed by atoms with E-state index in [0.29, 0.717) is 25.9 Å². The maximum Gasteiger partial charge on any atom is 0.317 e. The average Bonchev–Trinajstić information content (AvgIpc) is 3.43. The van der Waals surface area contributed by atoms with Crippen LogP contribution in [0.3, 0.4) is 0 Å². The molecular weight excluding hydrogens is 370 g/mol. The van der Waals surface area contributed by atoms with Gasteiger partial charge in [-0.2, -0.15) is 5.10 Å². The van der Waals surface area contributed by atoms with Gasteiger partial charge in [0.25, 0.3) is 0 Å². The van der Waals surface area contributed by atoms with Crippen molar-refractivity contribution in [2.24, 2.45) is 5.41 Å². The number of rotatable bonds is 12. The minimum atomic E-state index is -1.09. The lowest BCUT2D eigenvalue weighted by Crippen LogP contribution is -2.36. The molecule has 3 rings (SSSR count). The van der Waals surface area contributed by atoms with Crippen molar-refractivity contribution >= 4 is 11.8 Å². The molecule has 2 heterocycles. The molecule has 0 aliphatic heterocycles. The van der Waals surface area contributed by atoms with E-state index in [9.17, 15) is 14.7 Å². The molecule has 2 aromatic rings. The number of carbonyl (C=O) groups excluding carboxylic acids is 1. The fraction of sp³-hybridized carbons (Fsp3) is 0.545. The summed E-state index contributed by atoms with van der Waals surface area (Å²) in [4.78, 5) is 28.3. The first kappa shape index (κ1) is 21.0. The van der Waals surface area contributed by atoms with Gasteiger partial charge < -0.3 is 9.84 Å². The number of nitrogens with one attached hydrogen (secondary N) is 1. The Balaban J connectivity index is 1.26. The largest absolute Gasteiger partial charge is 0.492 e. The first-order valence-electron chi connectivity index (χ1n) is 10.5. The number of aromatic nitrogens is 3. The molecule has 0 spiro atoms. The monoisotopic (exact) mass is 399 g/mol. The Hall–Kier alpha value is -2.70. The second-order valence-corrected chi connectivity index (χ2v) is 7.73. The Kier molecular flexibility index (Phi) is 7.38. The molecule has 1 aliphatic rings. The molecule has 0 unspecified atom stereocenters. The highest BCUT2D eigenvalue weighted by atomic mass is 16.5. The standard InChI is InChI=1S/C22H29N3O4/c26-20(22(21(27)28)12-5-6-13-22)8-4-2-1-3-7-15-29-17-9-10-18(23-16-17)19-11-14-24-25-19/h9-11,14,16H,1-8,12-13,15H2,(H,24,25)(H,27,28). The summed E-state index contributed by atoms with van der Waals surface area (Å²) in [5.74, 6) is -0.254. The van der Waals surface area contributed by atoms with Gasteiger partial charge in [-0.15, -0.1) is 0 Å². The smallest absolute Gasteiger partial charge is 0.317 e. The maximum atomic E-state index is 12.4. The minimum absolute atomic E-state index is 0.0723. The number of ether oxygens (including phenoxy) is 1. The summed E-state index contributed by atoms with van der Waals surface area (Å²) >= 11 is 0. The zero-order valence-electron chi connectivity index (χ0n) is 16.7. The predicted octanol–water partition coefficient (Wildman–Crippen LogP) is 4.41. The van der Waals surface area contributed by atoms with Crippen molar-refractivity contribution in [3.05, 3.63) is 30.6 Å². The topological polar surface area (TPSA) is 105 Å². The summed E-state index contributed by atoms with van der Waals surface area (Å²) in [6.45, 7) is 0.631. The van der Waals surface area contributed by atoms with E-state index < -0.39 is 11.4 Å². The van der Waals surface area contributed by atoms with Gasteiger partial charge in [-0.25, -0.2) is 0 Å². The van der Waals surface area contributed by atoms with E-state index in [1.54, 1.807) is 12.4 Å². The second-order valence-electron chi connectivity index (χ2n) is 7.73. The van der Waals surface area contributed by atoms with Crippen LogP contribution in [0.25, 0.3) is 11.4 Å². The Morgan fingerprint density at radius 2 is 1.83 bits per heavy atom. The van der Waals surface area contributed by atoms with Crippen LogP contribution in [0.15, 0.2) is 30.6 Å². The number of Topliss-reactive ketones (excluding diaryl/α,β-unsaturated/α-hetero) is 1. The molecule has 7 nitrogen and oxygen atoms in total. The summed E-state index contributed by atoms with van der Waals surface area (Å²) in [6, 6.07) is 5.66. The van der Waals surface area contributed by atoms with Crippen molar-refractivity contribution in [2.75, 3.05) is 6.61 Å². The quantitative estimate of drug-likeness (QED) is 0.405. The van der Waals surface area contributed by atoms with Crippen LogP contribution in [0, 0.1) is 5.41 Å². The van der Waals surface area contributed by atoms with Gasteiger partial charge in [-0.05, 0) is 43.9 Å². The van der Waals surface area contributed by atoms with Gasteiger partial charge in [0.1, 0.15) is 16.9 Å². The normalized spacial score (nSPS) is 15.3. The van der Waals surface area contributed by atoms with Gasteiger partial charge in [-0.3, -0.25) is 19.7 Å². The Labute approximate surface area is 170 Å². The number of carboxylic acids is 1. The molecule has 0 amide bonds. The third-order valence-electron chi connectivity index (χ3n) is 5.73. The molecular formula is C22H29N3O4. The minimum Gasteiger partial charge on any atom is -0.492 e. The number of carboxylic acid groups (broad SMARTS) is 1. The number of nitrogens with zero attached hydrogens (tertiary/aromatic N) is 2. The number of pyridine rings is 1. The van der Waals surface area contributed by atoms with Crippen LogP contribution in [0.5, 0.6) is 5.75 Å². The first-order valence-corrected chi connectivity index (χ1v) is 10.5. The summed E-state index contributed by atoms with van der Waals surface area (Å²) in [7, 11) is 0. The van der Waals surface area contributed by atoms with E-state index in [1.165, 1.54) is 0 Å². The number of H-pyrrole nitrogens is 1. The summed E-state index contributed by atoms with van der Waals surface area (Å²) < 4.78 is 5.72. The number of aliphatic carboxylic acids is 1. The van der Waals surface area contributed by atoms with Gasteiger partial charge in [0, 0.05) is 12.6 Å². The van der Waals surface area contributed by atoms with Gasteiger partial charge in [0.2, 0.25) is 0 Å². The number of carbonyl (C=O) groups is 2. The molecule has 0 radical (unpaired) electrons. The van der Waals surface area contributed by atoms with Crippen molar-refractivity contribution in [3.8, 4) is 17.1 Å². The van der Waals surface area contributed by atoms with Gasteiger partial charge in [-0.1, -0.05) is 32.1 Å². The van der Waals surface area contributed by atoms with Crippen molar-refractivity contribution in [1.82, 2.24) is 15.2 Å². The van der Waals surface area contributed by atoms with Crippen molar-refractivity contribution in [2.45, 2.75) is 64.2 Å². The number of hydrogen-bond acceptors (Lipinski definition) is 5. The van der Waals surface area contributed by atoms with Crippen LogP contribution in [-0.2, 0) is 9.59 Å². The number of unbranched alkanes of at least 4 members (excludes halogenated alkanes) is 4. The molecule has 1 aliphatic carbocycles. The predicted molar refractivity (Wildman–Crippen MR) is 109 cm³/mol. The van der Waals surface area contributed by atoms with Crippen LogP contribution < -0.4 is 4.74 Å². The lowest BCUT2D eigenvalue weighted by molar-refractivity contribution is -0.154. The lowest BCUT2D eigenvalue weighted by atomic mass is 9.79. The van der Waals surface area contributed by atoms with Crippen molar-refractivity contribution in [3.63, 3.8) is 0 Å². The van der Waals surface area contributed by atoms with Crippen LogP contribution in [-0.4, -0.2) is 38.6 Å². The molecule has 1 saturated carbocycles. The zero-order chi connectivity index (χ0) is 20.5. The molecule has 7 heteroatoms. The molecule has 156 valence electrons. The van der Waals surface area contributed by atoms with Crippen LogP contribution >= 0.6 is 0 Å². The van der Waals surface area contributed by atoms with Crippen LogP contribution in [0.2, 0.25) is 0 Å². The van der Waals surface area contributed by atoms with E-state index in [0.717, 1.165) is 62.1 Å². The number of hydrogen-bond donors (Lipinski definition) is 2.